The van der Waals surface area contributed by atoms with Gasteiger partial charge in [0.1, 0.15) is 11.3 Å². The maximum atomic E-state index is 13.7. The molecule has 0 fully saturated rings. The molecule has 0 saturated heterocycles. The molecule has 4 aromatic rings. The topological polar surface area (TPSA) is 105 Å². The Kier molecular flexibility index (Phi) is 6.13. The maximum absolute atomic E-state index is 13.7. The van der Waals surface area contributed by atoms with Gasteiger partial charge in [0.25, 0.3) is 0 Å². The van der Waals surface area contributed by atoms with Crippen molar-refractivity contribution in [1.82, 2.24) is 15.3 Å². The lowest BCUT2D eigenvalue weighted by atomic mass is 10.0. The Morgan fingerprint density at radius 1 is 1.12 bits per heavy atom. The van der Waals surface area contributed by atoms with Gasteiger partial charge in [-0.05, 0) is 48.0 Å². The second kappa shape index (κ2) is 9.18. The average molecular weight is 467 g/mol. The van der Waals surface area contributed by atoms with Gasteiger partial charge in [0.15, 0.2) is 0 Å². The van der Waals surface area contributed by atoms with E-state index in [2.05, 4.69) is 15.3 Å². The van der Waals surface area contributed by atoms with Crippen LogP contribution in [-0.4, -0.2) is 27.0 Å². The van der Waals surface area contributed by atoms with Crippen LogP contribution >= 0.6 is 0 Å². The number of amides is 1. The molecule has 0 saturated carbocycles. The number of pyridine rings is 2. The molecule has 0 unspecified atom stereocenters. The third-order valence-electron chi connectivity index (χ3n) is 4.83. The van der Waals surface area contributed by atoms with Crippen molar-refractivity contribution in [2.45, 2.75) is 12.7 Å². The summed E-state index contributed by atoms with van der Waals surface area (Å²) in [4.78, 5) is 30.9. The summed E-state index contributed by atoms with van der Waals surface area (Å²) in [5.41, 5.74) is -0.415. The summed E-state index contributed by atoms with van der Waals surface area (Å²) >= 11 is 0. The van der Waals surface area contributed by atoms with Gasteiger partial charge in [-0.1, -0.05) is 6.07 Å². The number of hydrogen-bond donors (Lipinski definition) is 2. The monoisotopic (exact) mass is 467 g/mol. The average Bonchev–Trinajstić information content (AvgIpc) is 3.23. The van der Waals surface area contributed by atoms with E-state index in [1.807, 2.05) is 0 Å². The summed E-state index contributed by atoms with van der Waals surface area (Å²) in [5.74, 6) is -1.51. The lowest BCUT2D eigenvalue weighted by Crippen LogP contribution is -2.19. The Morgan fingerprint density at radius 2 is 1.94 bits per heavy atom. The summed E-state index contributed by atoms with van der Waals surface area (Å²) < 4.78 is 46.6. The van der Waals surface area contributed by atoms with Crippen LogP contribution in [0.25, 0.3) is 28.3 Å². The summed E-state index contributed by atoms with van der Waals surface area (Å²) in [6.45, 7) is -0.122. The van der Waals surface area contributed by atoms with E-state index in [9.17, 15) is 22.8 Å². The van der Waals surface area contributed by atoms with E-state index in [1.165, 1.54) is 30.3 Å². The van der Waals surface area contributed by atoms with Crippen molar-refractivity contribution in [3.8, 4) is 11.3 Å². The number of nitrogens with zero attached hydrogens (tertiary/aromatic N) is 2. The molecule has 4 rings (SSSR count). The number of carboxylic acid groups (broad SMARTS) is 1. The van der Waals surface area contributed by atoms with Gasteiger partial charge in [-0.25, -0.2) is 4.79 Å². The minimum atomic E-state index is -4.71. The Morgan fingerprint density at radius 3 is 2.59 bits per heavy atom. The molecule has 172 valence electrons. The van der Waals surface area contributed by atoms with Crippen molar-refractivity contribution >= 4 is 28.9 Å². The number of furan rings is 1. The van der Waals surface area contributed by atoms with E-state index < -0.39 is 23.6 Å². The molecule has 3 heterocycles. The first-order valence-corrected chi connectivity index (χ1v) is 9.90. The summed E-state index contributed by atoms with van der Waals surface area (Å²) in [7, 11) is 0. The highest BCUT2D eigenvalue weighted by atomic mass is 19.4. The van der Waals surface area contributed by atoms with Crippen LogP contribution in [0.2, 0.25) is 0 Å². The molecule has 3 aromatic heterocycles. The predicted octanol–water partition coefficient (Wildman–Crippen LogP) is 4.94. The first-order chi connectivity index (χ1) is 16.2. The lowest BCUT2D eigenvalue weighted by Gasteiger charge is -2.10. The van der Waals surface area contributed by atoms with Crippen molar-refractivity contribution in [2.75, 3.05) is 0 Å². The van der Waals surface area contributed by atoms with Crippen molar-refractivity contribution in [3.05, 3.63) is 89.6 Å². The zero-order valence-electron chi connectivity index (χ0n) is 17.3. The van der Waals surface area contributed by atoms with Gasteiger partial charge in [-0.15, -0.1) is 0 Å². The van der Waals surface area contributed by atoms with Crippen molar-refractivity contribution in [1.29, 1.82) is 0 Å². The van der Waals surface area contributed by atoms with Crippen LogP contribution in [0.4, 0.5) is 13.2 Å². The van der Waals surface area contributed by atoms with Gasteiger partial charge in [0, 0.05) is 35.6 Å². The number of benzene rings is 1. The van der Waals surface area contributed by atoms with Crippen LogP contribution in [0.1, 0.15) is 27.2 Å². The number of fused-ring (bicyclic) bond motifs is 1. The molecule has 0 aliphatic rings. The molecule has 2 N–H and O–H groups in total. The second-order valence-corrected chi connectivity index (χ2v) is 7.23. The molecule has 10 heteroatoms. The van der Waals surface area contributed by atoms with Crippen LogP contribution in [0.5, 0.6) is 0 Å². The van der Waals surface area contributed by atoms with Crippen molar-refractivity contribution in [3.63, 3.8) is 0 Å². The van der Waals surface area contributed by atoms with E-state index in [1.54, 1.807) is 30.6 Å². The first-order valence-electron chi connectivity index (χ1n) is 9.90. The predicted molar refractivity (Wildman–Crippen MR) is 117 cm³/mol. The number of aromatic nitrogens is 2. The number of halogens is 3. The van der Waals surface area contributed by atoms with Gasteiger partial charge in [0.2, 0.25) is 5.91 Å². The van der Waals surface area contributed by atoms with E-state index in [4.69, 9.17) is 9.52 Å². The molecule has 0 spiro atoms. The minimum absolute atomic E-state index is 0.0835. The summed E-state index contributed by atoms with van der Waals surface area (Å²) in [6, 6.07) is 9.84. The molecule has 0 bridgehead atoms. The number of carbonyl (C=O) groups is 2. The van der Waals surface area contributed by atoms with Crippen LogP contribution in [-0.2, 0) is 17.5 Å². The molecule has 7 nitrogen and oxygen atoms in total. The smallest absolute Gasteiger partial charge is 0.420 e. The SMILES string of the molecule is O=C(C=Cc1cccnc1)NCc1cc2cc(-c3ccc(C(=O)O)cn3)cc(C(F)(F)F)c2o1. The fraction of sp³-hybridized carbons (Fsp3) is 0.0833. The molecule has 0 aliphatic heterocycles. The Labute approximate surface area is 190 Å². The molecule has 34 heavy (non-hydrogen) atoms. The zero-order chi connectivity index (χ0) is 24.3. The van der Waals surface area contributed by atoms with E-state index >= 15 is 0 Å². The van der Waals surface area contributed by atoms with Gasteiger partial charge >= 0.3 is 12.1 Å². The molecular formula is C24H16F3N3O4. The van der Waals surface area contributed by atoms with E-state index in [-0.39, 0.29) is 40.1 Å². The number of aromatic carboxylic acids is 1. The quantitative estimate of drug-likeness (QED) is 0.390. The normalized spacial score (nSPS) is 11.7. The van der Waals surface area contributed by atoms with Crippen LogP contribution in [0.15, 0.2) is 71.5 Å². The van der Waals surface area contributed by atoms with Crippen LogP contribution < -0.4 is 5.32 Å². The first kappa shape index (κ1) is 22.7. The number of hydrogen-bond acceptors (Lipinski definition) is 5. The minimum Gasteiger partial charge on any atom is -0.478 e. The molecule has 0 aliphatic carbocycles. The van der Waals surface area contributed by atoms with Crippen LogP contribution in [0.3, 0.4) is 0 Å². The third kappa shape index (κ3) is 5.12. The Balaban J connectivity index is 1.59. The van der Waals surface area contributed by atoms with Gasteiger partial charge < -0.3 is 14.8 Å². The number of rotatable bonds is 6. The Bertz CT molecular complexity index is 1380. The molecule has 0 radical (unpaired) electrons. The fourth-order valence-corrected chi connectivity index (χ4v) is 3.22. The number of nitrogens with one attached hydrogen (secondary N) is 1. The summed E-state index contributed by atoms with van der Waals surface area (Å²) in [6.07, 6.45) is 2.37. The lowest BCUT2D eigenvalue weighted by molar-refractivity contribution is -0.136. The number of carbonyl (C=O) groups excluding carboxylic acids is 1. The maximum Gasteiger partial charge on any atom is 0.420 e. The largest absolute Gasteiger partial charge is 0.478 e. The van der Waals surface area contributed by atoms with Crippen molar-refractivity contribution in [2.24, 2.45) is 0 Å². The van der Waals surface area contributed by atoms with E-state index in [0.717, 1.165) is 12.3 Å². The highest BCUT2D eigenvalue weighted by molar-refractivity contribution is 5.92. The van der Waals surface area contributed by atoms with Crippen molar-refractivity contribution < 1.29 is 32.3 Å². The van der Waals surface area contributed by atoms with E-state index in [0.29, 0.717) is 5.56 Å². The molecule has 1 amide bonds. The standard InChI is InChI=1S/C24H16F3N3O4/c25-24(26,27)19-10-16(20-5-4-15(12-29-20)23(32)33)8-17-9-18(34-22(17)19)13-30-21(31)6-3-14-2-1-7-28-11-14/h1-12H,13H2,(H,30,31)(H,32,33). The zero-order valence-corrected chi connectivity index (χ0v) is 17.3. The van der Waals surface area contributed by atoms with Gasteiger partial charge in [-0.2, -0.15) is 13.2 Å². The fourth-order valence-electron chi connectivity index (χ4n) is 3.22. The van der Waals surface area contributed by atoms with Crippen LogP contribution in [0, 0.1) is 0 Å². The highest BCUT2D eigenvalue weighted by Crippen LogP contribution is 2.39. The number of carboxylic acids is 1. The van der Waals surface area contributed by atoms with Gasteiger partial charge in [-0.3, -0.25) is 14.8 Å². The van der Waals surface area contributed by atoms with Gasteiger partial charge in [0.05, 0.1) is 23.4 Å². The molecular weight excluding hydrogens is 451 g/mol. The summed E-state index contributed by atoms with van der Waals surface area (Å²) in [5, 5.41) is 11.7. The Hall–Kier alpha value is -4.47. The highest BCUT2D eigenvalue weighted by Gasteiger charge is 2.35. The third-order valence-corrected chi connectivity index (χ3v) is 4.83. The molecule has 1 aromatic carbocycles. The second-order valence-electron chi connectivity index (χ2n) is 7.23. The molecule has 0 atom stereocenters. The number of alkyl halides is 3.